The van der Waals surface area contributed by atoms with Gasteiger partial charge in [-0.1, -0.05) is 6.07 Å². The molecule has 1 fully saturated rings. The second-order valence-corrected chi connectivity index (χ2v) is 7.32. The topological polar surface area (TPSA) is 39.7 Å². The average Bonchev–Trinajstić information content (AvgIpc) is 3.12. The van der Waals surface area contributed by atoms with Crippen LogP contribution in [0.1, 0.15) is 36.8 Å². The van der Waals surface area contributed by atoms with E-state index in [1.54, 1.807) is 24.9 Å². The molecular formula is C19H31FN4S. The summed E-state index contributed by atoms with van der Waals surface area (Å²) < 4.78 is 13.4. The number of halogens is 1. The van der Waals surface area contributed by atoms with Crippen LogP contribution in [0.5, 0.6) is 0 Å². The van der Waals surface area contributed by atoms with E-state index in [-0.39, 0.29) is 5.82 Å². The first-order valence-electron chi connectivity index (χ1n) is 9.16. The van der Waals surface area contributed by atoms with Gasteiger partial charge in [0.25, 0.3) is 0 Å². The normalized spacial score (nSPS) is 15.6. The molecule has 0 saturated carbocycles. The first-order chi connectivity index (χ1) is 12.2. The minimum Gasteiger partial charge on any atom is -0.356 e. The van der Waals surface area contributed by atoms with Gasteiger partial charge in [-0.05, 0) is 74.8 Å². The predicted molar refractivity (Wildman–Crippen MR) is 107 cm³/mol. The predicted octanol–water partition coefficient (Wildman–Crippen LogP) is 3.23. The van der Waals surface area contributed by atoms with Crippen molar-refractivity contribution in [2.24, 2.45) is 4.99 Å². The number of rotatable bonds is 9. The van der Waals surface area contributed by atoms with E-state index in [0.717, 1.165) is 35.8 Å². The van der Waals surface area contributed by atoms with Gasteiger partial charge in [-0.25, -0.2) is 4.39 Å². The first-order valence-corrected chi connectivity index (χ1v) is 10.6. The number of thioether (sulfide) groups is 1. The lowest BCUT2D eigenvalue weighted by atomic mass is 10.1. The van der Waals surface area contributed by atoms with Crippen molar-refractivity contribution in [1.29, 1.82) is 0 Å². The van der Waals surface area contributed by atoms with Gasteiger partial charge in [0.1, 0.15) is 5.82 Å². The summed E-state index contributed by atoms with van der Waals surface area (Å²) in [4.78, 5) is 6.83. The smallest absolute Gasteiger partial charge is 0.191 e. The number of benzene rings is 1. The maximum atomic E-state index is 13.4. The summed E-state index contributed by atoms with van der Waals surface area (Å²) >= 11 is 1.70. The third kappa shape index (κ3) is 7.24. The van der Waals surface area contributed by atoms with Crippen molar-refractivity contribution >= 4 is 17.7 Å². The molecule has 4 nitrogen and oxygen atoms in total. The number of nitrogens with zero attached hydrogens (tertiary/aromatic N) is 2. The molecule has 25 heavy (non-hydrogen) atoms. The minimum atomic E-state index is -0.173. The second-order valence-electron chi connectivity index (χ2n) is 6.45. The highest BCUT2D eigenvalue weighted by Crippen LogP contribution is 2.16. The van der Waals surface area contributed by atoms with Gasteiger partial charge in [-0.2, -0.15) is 11.8 Å². The molecular weight excluding hydrogens is 335 g/mol. The lowest BCUT2D eigenvalue weighted by Gasteiger charge is -2.16. The molecule has 0 atom stereocenters. The monoisotopic (exact) mass is 366 g/mol. The van der Waals surface area contributed by atoms with E-state index in [1.807, 2.05) is 12.3 Å². The summed E-state index contributed by atoms with van der Waals surface area (Å²) in [6, 6.07) is 5.01. The van der Waals surface area contributed by atoms with Gasteiger partial charge in [0.05, 0.1) is 0 Å². The van der Waals surface area contributed by atoms with E-state index in [2.05, 4.69) is 20.5 Å². The molecule has 2 N–H and O–H groups in total. The Morgan fingerprint density at radius 1 is 1.20 bits per heavy atom. The summed E-state index contributed by atoms with van der Waals surface area (Å²) in [7, 11) is 1.78. The van der Waals surface area contributed by atoms with Crippen LogP contribution in [0.4, 0.5) is 4.39 Å². The van der Waals surface area contributed by atoms with Crippen molar-refractivity contribution in [3.8, 4) is 0 Å². The molecule has 2 rings (SSSR count). The van der Waals surface area contributed by atoms with E-state index >= 15 is 0 Å². The molecule has 1 aliphatic heterocycles. The van der Waals surface area contributed by atoms with E-state index < -0.39 is 0 Å². The van der Waals surface area contributed by atoms with Crippen LogP contribution in [0.25, 0.3) is 0 Å². The number of guanidine groups is 1. The fraction of sp³-hybridized carbons (Fsp3) is 0.632. The lowest BCUT2D eigenvalue weighted by Crippen LogP contribution is -2.37. The fourth-order valence-corrected chi connectivity index (χ4v) is 3.71. The molecule has 0 amide bonds. The summed E-state index contributed by atoms with van der Waals surface area (Å²) in [5.41, 5.74) is 2.16. The van der Waals surface area contributed by atoms with Crippen molar-refractivity contribution < 1.29 is 4.39 Å². The molecule has 140 valence electrons. The average molecular weight is 367 g/mol. The van der Waals surface area contributed by atoms with Crippen LogP contribution in [0, 0.1) is 5.82 Å². The Morgan fingerprint density at radius 3 is 2.72 bits per heavy atom. The second kappa shape index (κ2) is 11.4. The van der Waals surface area contributed by atoms with Crippen molar-refractivity contribution in [3.63, 3.8) is 0 Å². The number of likely N-dealkylation sites (tertiary alicyclic amines) is 1. The van der Waals surface area contributed by atoms with Crippen molar-refractivity contribution in [3.05, 3.63) is 35.1 Å². The van der Waals surface area contributed by atoms with Gasteiger partial charge >= 0.3 is 0 Å². The molecule has 1 aromatic rings. The quantitative estimate of drug-likeness (QED) is 0.400. The number of unbranched alkanes of at least 4 members (excludes halogenated alkanes) is 1. The Labute approximate surface area is 155 Å². The van der Waals surface area contributed by atoms with Crippen LogP contribution < -0.4 is 10.6 Å². The minimum absolute atomic E-state index is 0.173. The highest BCUT2D eigenvalue weighted by molar-refractivity contribution is 7.97. The molecule has 1 aliphatic rings. The molecule has 0 bridgehead atoms. The fourth-order valence-electron chi connectivity index (χ4n) is 3.13. The van der Waals surface area contributed by atoms with Gasteiger partial charge < -0.3 is 15.5 Å². The van der Waals surface area contributed by atoms with Crippen LogP contribution in [-0.2, 0) is 12.3 Å². The Bertz CT molecular complexity index is 544. The molecule has 1 aromatic carbocycles. The van der Waals surface area contributed by atoms with Crippen LogP contribution >= 0.6 is 11.8 Å². The van der Waals surface area contributed by atoms with Gasteiger partial charge in [-0.15, -0.1) is 0 Å². The van der Waals surface area contributed by atoms with Crippen LogP contribution in [-0.4, -0.2) is 50.3 Å². The molecule has 1 heterocycles. The summed E-state index contributed by atoms with van der Waals surface area (Å²) in [5.74, 6) is 1.45. The van der Waals surface area contributed by atoms with Crippen LogP contribution in [0.3, 0.4) is 0 Å². The van der Waals surface area contributed by atoms with Crippen molar-refractivity contribution in [2.75, 3.05) is 39.5 Å². The zero-order chi connectivity index (χ0) is 17.9. The Morgan fingerprint density at radius 2 is 2.00 bits per heavy atom. The number of nitrogens with one attached hydrogen (secondary N) is 2. The maximum Gasteiger partial charge on any atom is 0.191 e. The van der Waals surface area contributed by atoms with Crippen LogP contribution in [0.15, 0.2) is 23.2 Å². The van der Waals surface area contributed by atoms with Gasteiger partial charge in [0.2, 0.25) is 0 Å². The van der Waals surface area contributed by atoms with E-state index in [0.29, 0.717) is 6.54 Å². The Hall–Kier alpha value is -1.27. The first kappa shape index (κ1) is 20.0. The highest BCUT2D eigenvalue weighted by Gasteiger charge is 2.10. The third-order valence-corrected chi connectivity index (χ3v) is 5.13. The molecule has 0 radical (unpaired) electrons. The number of hydrogen-bond acceptors (Lipinski definition) is 3. The van der Waals surface area contributed by atoms with E-state index in [4.69, 9.17) is 0 Å². The molecule has 1 saturated heterocycles. The van der Waals surface area contributed by atoms with Crippen molar-refractivity contribution in [2.45, 2.75) is 38.0 Å². The maximum absolute atomic E-state index is 13.4. The Kier molecular flexibility index (Phi) is 9.11. The SMILES string of the molecule is CN=C(NCCCCN1CCCC1)NCc1ccc(F)cc1CSC. The largest absolute Gasteiger partial charge is 0.356 e. The molecule has 0 aliphatic carbocycles. The highest BCUT2D eigenvalue weighted by atomic mass is 32.2. The molecule has 0 unspecified atom stereocenters. The van der Waals surface area contributed by atoms with E-state index in [9.17, 15) is 4.39 Å². The van der Waals surface area contributed by atoms with Gasteiger partial charge in [0.15, 0.2) is 5.96 Å². The zero-order valence-electron chi connectivity index (χ0n) is 15.5. The molecule has 0 aromatic heterocycles. The van der Waals surface area contributed by atoms with Crippen molar-refractivity contribution in [1.82, 2.24) is 15.5 Å². The summed E-state index contributed by atoms with van der Waals surface area (Å²) in [5, 5.41) is 6.70. The third-order valence-electron chi connectivity index (χ3n) is 4.53. The number of hydrogen-bond donors (Lipinski definition) is 2. The van der Waals surface area contributed by atoms with Gasteiger partial charge in [0, 0.05) is 25.9 Å². The zero-order valence-corrected chi connectivity index (χ0v) is 16.3. The van der Waals surface area contributed by atoms with Gasteiger partial charge in [-0.3, -0.25) is 4.99 Å². The van der Waals surface area contributed by atoms with E-state index in [1.165, 1.54) is 45.0 Å². The molecule has 6 heteroatoms. The standard InChI is InChI=1S/C19H31FN4S/c1-21-19(22-9-3-4-10-24-11-5-6-12-24)23-14-16-7-8-18(20)13-17(16)15-25-2/h7-8,13H,3-6,9-12,14-15H2,1-2H3,(H2,21,22,23). The summed E-state index contributed by atoms with van der Waals surface area (Å²) in [6.45, 7) is 5.33. The number of aliphatic imine (C=N–C) groups is 1. The Balaban J connectivity index is 1.69. The summed E-state index contributed by atoms with van der Waals surface area (Å²) in [6.07, 6.45) is 7.11. The lowest BCUT2D eigenvalue weighted by molar-refractivity contribution is 0.330. The van der Waals surface area contributed by atoms with Crippen LogP contribution in [0.2, 0.25) is 0 Å². The molecule has 0 spiro atoms.